The molecule has 3 nitrogen and oxygen atoms in total. The molecule has 5 heteroatoms. The van der Waals surface area contributed by atoms with Gasteiger partial charge in [-0.1, -0.05) is 30.2 Å². The van der Waals surface area contributed by atoms with Crippen molar-refractivity contribution in [1.29, 1.82) is 0 Å². The molecule has 116 valence electrons. The van der Waals surface area contributed by atoms with Gasteiger partial charge in [0.1, 0.15) is 5.69 Å². The molecule has 1 aliphatic rings. The topological polar surface area (TPSA) is 33.2 Å². The van der Waals surface area contributed by atoms with E-state index in [1.54, 1.807) is 0 Å². The van der Waals surface area contributed by atoms with Crippen LogP contribution in [-0.4, -0.2) is 28.9 Å². The van der Waals surface area contributed by atoms with Crippen molar-refractivity contribution in [3.8, 4) is 0 Å². The Morgan fingerprint density at radius 3 is 2.77 bits per heavy atom. The largest absolute Gasteiger partial charge is 0.337 e. The lowest BCUT2D eigenvalue weighted by Gasteiger charge is -2.24. The summed E-state index contributed by atoms with van der Waals surface area (Å²) in [5, 5.41) is 3.55. The number of benzene rings is 1. The highest BCUT2D eigenvalue weighted by atomic mass is 35.5. The monoisotopic (exact) mass is 334 g/mol. The average molecular weight is 335 g/mol. The molecule has 0 bridgehead atoms. The minimum atomic E-state index is 0.0604. The van der Waals surface area contributed by atoms with Gasteiger partial charge in [0.05, 0.1) is 5.01 Å². The molecule has 1 atom stereocenters. The van der Waals surface area contributed by atoms with E-state index in [0.717, 1.165) is 42.4 Å². The Morgan fingerprint density at radius 1 is 1.32 bits per heavy atom. The molecule has 0 spiro atoms. The standard InChI is InChI=1S/C17H19ClN2OS/c1-12-19-16(11-22-12)17(21)20-9-3-2-4-14(10-20)13-5-7-15(18)8-6-13/h5-8,11,14H,2-4,9-10H2,1H3. The van der Waals surface area contributed by atoms with E-state index < -0.39 is 0 Å². The first-order valence-corrected chi connectivity index (χ1v) is 8.86. The molecule has 1 aromatic carbocycles. The van der Waals surface area contributed by atoms with Crippen LogP contribution >= 0.6 is 22.9 Å². The van der Waals surface area contributed by atoms with E-state index >= 15 is 0 Å². The molecule has 0 aliphatic carbocycles. The van der Waals surface area contributed by atoms with Gasteiger partial charge in [-0.2, -0.15) is 0 Å². The molecule has 1 saturated heterocycles. The maximum atomic E-state index is 12.6. The second kappa shape index (κ2) is 6.80. The van der Waals surface area contributed by atoms with E-state index in [2.05, 4.69) is 17.1 Å². The number of carbonyl (C=O) groups excluding carboxylic acids is 1. The molecular weight excluding hydrogens is 316 g/mol. The summed E-state index contributed by atoms with van der Waals surface area (Å²) in [4.78, 5) is 18.9. The highest BCUT2D eigenvalue weighted by molar-refractivity contribution is 7.09. The number of aromatic nitrogens is 1. The van der Waals surface area contributed by atoms with Crippen molar-refractivity contribution in [3.05, 3.63) is 50.9 Å². The molecular formula is C17H19ClN2OS. The third kappa shape index (κ3) is 3.50. The van der Waals surface area contributed by atoms with E-state index in [4.69, 9.17) is 11.6 Å². The summed E-state index contributed by atoms with van der Waals surface area (Å²) < 4.78 is 0. The number of thiazole rings is 1. The van der Waals surface area contributed by atoms with Crippen LogP contribution in [0.15, 0.2) is 29.6 Å². The van der Waals surface area contributed by atoms with Gasteiger partial charge in [-0.15, -0.1) is 11.3 Å². The fraction of sp³-hybridized carbons (Fsp3) is 0.412. The molecule has 0 saturated carbocycles. The highest BCUT2D eigenvalue weighted by Crippen LogP contribution is 2.28. The molecule has 2 aromatic rings. The number of likely N-dealkylation sites (tertiary alicyclic amines) is 1. The third-order valence-corrected chi connectivity index (χ3v) is 5.16. The summed E-state index contributed by atoms with van der Waals surface area (Å²) in [6.07, 6.45) is 3.31. The van der Waals surface area contributed by atoms with E-state index in [0.29, 0.717) is 11.6 Å². The first kappa shape index (κ1) is 15.5. The molecule has 1 unspecified atom stereocenters. The summed E-state index contributed by atoms with van der Waals surface area (Å²) in [6.45, 7) is 3.51. The second-order valence-corrected chi connectivity index (χ2v) is 7.25. The number of nitrogens with zero attached hydrogens (tertiary/aromatic N) is 2. The first-order valence-electron chi connectivity index (χ1n) is 7.60. The Bertz CT molecular complexity index is 653. The van der Waals surface area contributed by atoms with Gasteiger partial charge < -0.3 is 4.90 Å². The van der Waals surface area contributed by atoms with Gasteiger partial charge in [-0.25, -0.2) is 4.98 Å². The molecule has 2 heterocycles. The van der Waals surface area contributed by atoms with Crippen LogP contribution in [0.5, 0.6) is 0 Å². The van der Waals surface area contributed by atoms with Gasteiger partial charge in [-0.3, -0.25) is 4.79 Å². The molecule has 0 radical (unpaired) electrons. The maximum absolute atomic E-state index is 12.6. The molecule has 0 N–H and O–H groups in total. The van der Waals surface area contributed by atoms with Gasteiger partial charge >= 0.3 is 0 Å². The SMILES string of the molecule is Cc1nc(C(=O)N2CCCCC(c3ccc(Cl)cc3)C2)cs1. The predicted molar refractivity (Wildman–Crippen MR) is 90.8 cm³/mol. The van der Waals surface area contributed by atoms with Gasteiger partial charge in [-0.05, 0) is 37.5 Å². The quantitative estimate of drug-likeness (QED) is 0.809. The van der Waals surface area contributed by atoms with Crippen molar-refractivity contribution in [2.45, 2.75) is 32.1 Å². The molecule has 1 amide bonds. The van der Waals surface area contributed by atoms with Crippen molar-refractivity contribution in [3.63, 3.8) is 0 Å². The Morgan fingerprint density at radius 2 is 2.09 bits per heavy atom. The van der Waals surface area contributed by atoms with Crippen molar-refractivity contribution in [2.75, 3.05) is 13.1 Å². The Kier molecular flexibility index (Phi) is 4.79. The predicted octanol–water partition coefficient (Wildman–Crippen LogP) is 4.51. The Balaban J connectivity index is 1.77. The normalized spacial score (nSPS) is 19.0. The van der Waals surface area contributed by atoms with Crippen LogP contribution in [-0.2, 0) is 0 Å². The van der Waals surface area contributed by atoms with Gasteiger partial charge in [0.25, 0.3) is 5.91 Å². The van der Waals surface area contributed by atoms with Gasteiger partial charge in [0, 0.05) is 29.4 Å². The Labute approximate surface area is 139 Å². The summed E-state index contributed by atoms with van der Waals surface area (Å²) in [5.74, 6) is 0.439. The number of amides is 1. The van der Waals surface area contributed by atoms with Gasteiger partial charge in [0.2, 0.25) is 0 Å². The van der Waals surface area contributed by atoms with Crippen molar-refractivity contribution < 1.29 is 4.79 Å². The fourth-order valence-corrected chi connectivity index (χ4v) is 3.67. The van der Waals surface area contributed by atoms with E-state index in [1.165, 1.54) is 16.9 Å². The van der Waals surface area contributed by atoms with Crippen LogP contribution in [0.3, 0.4) is 0 Å². The fourth-order valence-electron chi connectivity index (χ4n) is 2.96. The average Bonchev–Trinajstić information content (AvgIpc) is 2.81. The van der Waals surface area contributed by atoms with Crippen LogP contribution in [0.4, 0.5) is 0 Å². The summed E-state index contributed by atoms with van der Waals surface area (Å²) >= 11 is 7.50. The zero-order chi connectivity index (χ0) is 15.5. The van der Waals surface area contributed by atoms with E-state index in [-0.39, 0.29) is 5.91 Å². The van der Waals surface area contributed by atoms with Gasteiger partial charge in [0.15, 0.2) is 0 Å². The van der Waals surface area contributed by atoms with Crippen molar-refractivity contribution in [2.24, 2.45) is 0 Å². The zero-order valence-electron chi connectivity index (χ0n) is 12.6. The summed E-state index contributed by atoms with van der Waals surface area (Å²) in [7, 11) is 0. The van der Waals surface area contributed by atoms with Crippen molar-refractivity contribution in [1.82, 2.24) is 9.88 Å². The van der Waals surface area contributed by atoms with Crippen LogP contribution < -0.4 is 0 Å². The highest BCUT2D eigenvalue weighted by Gasteiger charge is 2.25. The maximum Gasteiger partial charge on any atom is 0.273 e. The summed E-state index contributed by atoms with van der Waals surface area (Å²) in [6, 6.07) is 8.01. The Hall–Kier alpha value is -1.39. The molecule has 3 rings (SSSR count). The molecule has 1 aromatic heterocycles. The van der Waals surface area contributed by atoms with Crippen molar-refractivity contribution >= 4 is 28.8 Å². The first-order chi connectivity index (χ1) is 10.6. The number of rotatable bonds is 2. The zero-order valence-corrected chi connectivity index (χ0v) is 14.2. The second-order valence-electron chi connectivity index (χ2n) is 5.75. The van der Waals surface area contributed by atoms with E-state index in [1.807, 2.05) is 29.3 Å². The van der Waals surface area contributed by atoms with Crippen LogP contribution in [0.1, 0.15) is 46.2 Å². The molecule has 1 fully saturated rings. The number of hydrogen-bond acceptors (Lipinski definition) is 3. The lowest BCUT2D eigenvalue weighted by Crippen LogP contribution is -2.34. The lowest BCUT2D eigenvalue weighted by atomic mass is 9.94. The molecule has 22 heavy (non-hydrogen) atoms. The number of hydrogen-bond donors (Lipinski definition) is 0. The number of carbonyl (C=O) groups is 1. The minimum absolute atomic E-state index is 0.0604. The van der Waals surface area contributed by atoms with Crippen LogP contribution in [0.2, 0.25) is 5.02 Å². The summed E-state index contributed by atoms with van der Waals surface area (Å²) in [5.41, 5.74) is 1.85. The number of halogens is 1. The third-order valence-electron chi connectivity index (χ3n) is 4.14. The van der Waals surface area contributed by atoms with E-state index in [9.17, 15) is 4.79 Å². The number of aryl methyl sites for hydroxylation is 1. The molecule has 1 aliphatic heterocycles. The van der Waals surface area contributed by atoms with Crippen LogP contribution in [0, 0.1) is 6.92 Å². The lowest BCUT2D eigenvalue weighted by molar-refractivity contribution is 0.0749. The smallest absolute Gasteiger partial charge is 0.273 e. The van der Waals surface area contributed by atoms with Crippen LogP contribution in [0.25, 0.3) is 0 Å². The minimum Gasteiger partial charge on any atom is -0.337 e.